The van der Waals surface area contributed by atoms with Crippen LogP contribution in [0.25, 0.3) is 0 Å². The molecule has 0 bridgehead atoms. The van der Waals surface area contributed by atoms with E-state index in [9.17, 15) is 0 Å². The molecule has 0 aromatic carbocycles. The molecule has 0 spiro atoms. The van der Waals surface area contributed by atoms with Crippen molar-refractivity contribution in [3.8, 4) is 0 Å². The number of hydrogen-bond acceptors (Lipinski definition) is 2. The van der Waals surface area contributed by atoms with Crippen molar-refractivity contribution in [1.29, 1.82) is 0 Å². The molecular weight excluding hydrogens is 124 g/mol. The molecule has 1 aromatic rings. The topological polar surface area (TPSA) is 24.9 Å². The molecule has 1 N–H and O–H groups in total. The summed E-state index contributed by atoms with van der Waals surface area (Å²) >= 11 is 0. The lowest BCUT2D eigenvalue weighted by Crippen LogP contribution is -1.96. The Bertz CT molecular complexity index is 210. The summed E-state index contributed by atoms with van der Waals surface area (Å²) in [6.45, 7) is 4.07. The van der Waals surface area contributed by atoms with Gasteiger partial charge < -0.3 is 5.32 Å². The summed E-state index contributed by atoms with van der Waals surface area (Å²) in [5.74, 6) is 0. The van der Waals surface area contributed by atoms with Crippen LogP contribution in [0.3, 0.4) is 0 Å². The van der Waals surface area contributed by atoms with Gasteiger partial charge in [0.05, 0.1) is 11.4 Å². The highest BCUT2D eigenvalue weighted by Gasteiger charge is 1.97. The van der Waals surface area contributed by atoms with Gasteiger partial charge in [0.25, 0.3) is 0 Å². The van der Waals surface area contributed by atoms with E-state index >= 15 is 0 Å². The maximum Gasteiger partial charge on any atom is 0.0606 e. The fraction of sp³-hybridized carbons (Fsp3) is 0.375. The van der Waals surface area contributed by atoms with Crippen LogP contribution in [0.1, 0.15) is 11.3 Å². The van der Waals surface area contributed by atoms with Crippen molar-refractivity contribution in [3.05, 3.63) is 23.5 Å². The van der Waals surface area contributed by atoms with Crippen molar-refractivity contribution in [2.75, 3.05) is 12.4 Å². The van der Waals surface area contributed by atoms with Crippen molar-refractivity contribution in [2.45, 2.75) is 13.8 Å². The molecule has 0 fully saturated rings. The summed E-state index contributed by atoms with van der Waals surface area (Å²) in [5, 5.41) is 3.10. The van der Waals surface area contributed by atoms with E-state index in [0.717, 1.165) is 11.4 Å². The number of rotatable bonds is 1. The highest BCUT2D eigenvalue weighted by Crippen LogP contribution is 2.15. The molecule has 1 rings (SSSR count). The zero-order chi connectivity index (χ0) is 7.56. The fourth-order valence-corrected chi connectivity index (χ4v) is 1.07. The average molecular weight is 136 g/mol. The molecule has 0 aliphatic heterocycles. The monoisotopic (exact) mass is 136 g/mol. The molecule has 10 heavy (non-hydrogen) atoms. The van der Waals surface area contributed by atoms with Gasteiger partial charge in [-0.3, -0.25) is 4.98 Å². The number of hydrogen-bond donors (Lipinski definition) is 1. The van der Waals surface area contributed by atoms with Gasteiger partial charge in [0.2, 0.25) is 0 Å². The lowest BCUT2D eigenvalue weighted by Gasteiger charge is -2.05. The van der Waals surface area contributed by atoms with Crippen molar-refractivity contribution in [3.63, 3.8) is 0 Å². The van der Waals surface area contributed by atoms with Gasteiger partial charge in [-0.1, -0.05) is 0 Å². The first kappa shape index (κ1) is 7.06. The van der Waals surface area contributed by atoms with Crippen molar-refractivity contribution in [1.82, 2.24) is 4.98 Å². The third-order valence-corrected chi connectivity index (χ3v) is 1.60. The van der Waals surface area contributed by atoms with Gasteiger partial charge >= 0.3 is 0 Å². The van der Waals surface area contributed by atoms with E-state index in [0.29, 0.717) is 0 Å². The number of nitrogens with one attached hydrogen (secondary N) is 1. The Kier molecular flexibility index (Phi) is 1.90. The lowest BCUT2D eigenvalue weighted by atomic mass is 10.2. The quantitative estimate of drug-likeness (QED) is 0.636. The minimum atomic E-state index is 1.06. The fourth-order valence-electron chi connectivity index (χ4n) is 1.07. The first-order valence-corrected chi connectivity index (χ1v) is 3.35. The van der Waals surface area contributed by atoms with Crippen LogP contribution in [0.15, 0.2) is 12.3 Å². The minimum absolute atomic E-state index is 1.06. The van der Waals surface area contributed by atoms with Crippen molar-refractivity contribution in [2.24, 2.45) is 0 Å². The molecule has 0 saturated carbocycles. The molecule has 0 saturated heterocycles. The molecule has 0 radical (unpaired) electrons. The van der Waals surface area contributed by atoms with Gasteiger partial charge in [-0.05, 0) is 25.5 Å². The molecule has 0 amide bonds. The third-order valence-electron chi connectivity index (χ3n) is 1.60. The summed E-state index contributed by atoms with van der Waals surface area (Å²) in [6.07, 6.45) is 1.82. The SMILES string of the molecule is CNc1c(C)ccnc1C. The van der Waals surface area contributed by atoms with E-state index in [-0.39, 0.29) is 0 Å². The smallest absolute Gasteiger partial charge is 0.0606 e. The van der Waals surface area contributed by atoms with Crippen LogP contribution in [0.4, 0.5) is 5.69 Å². The van der Waals surface area contributed by atoms with Gasteiger partial charge in [-0.25, -0.2) is 0 Å². The number of aromatic nitrogens is 1. The highest BCUT2D eigenvalue weighted by molar-refractivity contribution is 5.52. The highest BCUT2D eigenvalue weighted by atomic mass is 14.9. The Morgan fingerprint density at radius 3 is 2.50 bits per heavy atom. The predicted octanol–water partition coefficient (Wildman–Crippen LogP) is 1.74. The third kappa shape index (κ3) is 1.10. The van der Waals surface area contributed by atoms with Crippen LogP contribution in [0.2, 0.25) is 0 Å². The van der Waals surface area contributed by atoms with Gasteiger partial charge in [0.15, 0.2) is 0 Å². The largest absolute Gasteiger partial charge is 0.386 e. The molecular formula is C8H12N2. The van der Waals surface area contributed by atoms with Crippen LogP contribution in [-0.2, 0) is 0 Å². The number of pyridine rings is 1. The van der Waals surface area contributed by atoms with Crippen molar-refractivity contribution < 1.29 is 0 Å². The number of anilines is 1. The maximum atomic E-state index is 4.15. The van der Waals surface area contributed by atoms with Crippen LogP contribution >= 0.6 is 0 Å². The lowest BCUT2D eigenvalue weighted by molar-refractivity contribution is 1.17. The van der Waals surface area contributed by atoms with Gasteiger partial charge in [-0.15, -0.1) is 0 Å². The molecule has 2 nitrogen and oxygen atoms in total. The van der Waals surface area contributed by atoms with Gasteiger partial charge in [0.1, 0.15) is 0 Å². The summed E-state index contributed by atoms with van der Waals surface area (Å²) in [4.78, 5) is 4.15. The molecule has 1 heterocycles. The van der Waals surface area contributed by atoms with Gasteiger partial charge in [0, 0.05) is 13.2 Å². The van der Waals surface area contributed by atoms with Gasteiger partial charge in [-0.2, -0.15) is 0 Å². The van der Waals surface area contributed by atoms with E-state index in [2.05, 4.69) is 17.2 Å². The van der Waals surface area contributed by atoms with Crippen LogP contribution in [-0.4, -0.2) is 12.0 Å². The van der Waals surface area contributed by atoms with Crippen LogP contribution in [0.5, 0.6) is 0 Å². The minimum Gasteiger partial charge on any atom is -0.386 e. The molecule has 0 aliphatic carbocycles. The Morgan fingerprint density at radius 2 is 2.10 bits per heavy atom. The Hall–Kier alpha value is -1.05. The first-order chi connectivity index (χ1) is 4.75. The van der Waals surface area contributed by atoms with E-state index in [4.69, 9.17) is 0 Å². The first-order valence-electron chi connectivity index (χ1n) is 3.35. The zero-order valence-electron chi connectivity index (χ0n) is 6.60. The van der Waals surface area contributed by atoms with E-state index < -0.39 is 0 Å². The Balaban J connectivity index is 3.17. The number of aryl methyl sites for hydroxylation is 2. The van der Waals surface area contributed by atoms with Crippen LogP contribution in [0, 0.1) is 13.8 Å². The van der Waals surface area contributed by atoms with E-state index in [1.54, 1.807) is 0 Å². The average Bonchev–Trinajstić information content (AvgIpc) is 1.88. The van der Waals surface area contributed by atoms with E-state index in [1.807, 2.05) is 26.2 Å². The van der Waals surface area contributed by atoms with Crippen LogP contribution < -0.4 is 5.32 Å². The second-order valence-corrected chi connectivity index (χ2v) is 2.34. The zero-order valence-corrected chi connectivity index (χ0v) is 6.60. The molecule has 54 valence electrons. The summed E-state index contributed by atoms with van der Waals surface area (Å²) in [5.41, 5.74) is 3.44. The molecule has 0 atom stereocenters. The summed E-state index contributed by atoms with van der Waals surface area (Å²) in [7, 11) is 1.91. The summed E-state index contributed by atoms with van der Waals surface area (Å²) < 4.78 is 0. The Morgan fingerprint density at radius 1 is 1.40 bits per heavy atom. The predicted molar refractivity (Wildman–Crippen MR) is 43.3 cm³/mol. The molecule has 0 aliphatic rings. The second kappa shape index (κ2) is 2.69. The number of nitrogens with zero attached hydrogens (tertiary/aromatic N) is 1. The standard InChI is InChI=1S/C8H12N2/c1-6-4-5-10-7(2)8(6)9-3/h4-5,9H,1-3H3. The van der Waals surface area contributed by atoms with Crippen molar-refractivity contribution >= 4 is 5.69 Å². The molecule has 0 unspecified atom stereocenters. The summed E-state index contributed by atoms with van der Waals surface area (Å²) in [6, 6.07) is 2.00. The Labute approximate surface area is 61.3 Å². The second-order valence-electron chi connectivity index (χ2n) is 2.34. The molecule has 1 aromatic heterocycles. The van der Waals surface area contributed by atoms with E-state index in [1.165, 1.54) is 5.56 Å². The normalized spacial score (nSPS) is 9.50. The maximum absolute atomic E-state index is 4.15. The molecule has 2 heteroatoms.